The van der Waals surface area contributed by atoms with E-state index in [0.29, 0.717) is 0 Å². The molecule has 0 aliphatic carbocycles. The molecule has 0 unspecified atom stereocenters. The van der Waals surface area contributed by atoms with E-state index in [2.05, 4.69) is 10.1 Å². The highest BCUT2D eigenvalue weighted by atomic mass is 16.6. The molecule has 13 heavy (non-hydrogen) atoms. The molecular formula is C6H9N3O4. The maximum absolute atomic E-state index is 10.6. The highest BCUT2D eigenvalue weighted by Gasteiger charge is 2.12. The average molecular weight is 187 g/mol. The fraction of sp³-hybridized carbons (Fsp3) is 0.333. The standard InChI is InChI=1S/C6H9N3O4/c1-8-5(9(11)12)3-4(7)6(10)13-2/h3,7-8H,1-2H3/b5-3+,7-4?. The quantitative estimate of drug-likeness (QED) is 0.267. The number of carbonyl (C=O) groups is 1. The lowest BCUT2D eigenvalue weighted by Crippen LogP contribution is -2.19. The summed E-state index contributed by atoms with van der Waals surface area (Å²) in [7, 11) is 2.41. The second-order valence-electron chi connectivity index (χ2n) is 1.94. The van der Waals surface area contributed by atoms with E-state index in [4.69, 9.17) is 5.41 Å². The molecule has 0 saturated carbocycles. The molecule has 0 heterocycles. The van der Waals surface area contributed by atoms with Gasteiger partial charge in [0.15, 0.2) is 0 Å². The van der Waals surface area contributed by atoms with E-state index in [-0.39, 0.29) is 0 Å². The zero-order valence-electron chi connectivity index (χ0n) is 7.16. The third kappa shape index (κ3) is 3.32. The van der Waals surface area contributed by atoms with Gasteiger partial charge in [0.05, 0.1) is 20.2 Å². The molecule has 0 aromatic rings. The maximum Gasteiger partial charge on any atom is 0.356 e. The summed E-state index contributed by atoms with van der Waals surface area (Å²) < 4.78 is 4.18. The van der Waals surface area contributed by atoms with Crippen LogP contribution in [0.3, 0.4) is 0 Å². The Morgan fingerprint density at radius 1 is 1.69 bits per heavy atom. The lowest BCUT2D eigenvalue weighted by atomic mass is 10.3. The number of carbonyl (C=O) groups excluding carboxylic acids is 1. The summed E-state index contributed by atoms with van der Waals surface area (Å²) in [5.41, 5.74) is -0.580. The van der Waals surface area contributed by atoms with Crippen LogP contribution in [0.4, 0.5) is 0 Å². The predicted molar refractivity (Wildman–Crippen MR) is 43.9 cm³/mol. The third-order valence-electron chi connectivity index (χ3n) is 1.14. The van der Waals surface area contributed by atoms with Crippen LogP contribution in [0.25, 0.3) is 0 Å². The van der Waals surface area contributed by atoms with Crippen LogP contribution in [0.1, 0.15) is 0 Å². The van der Waals surface area contributed by atoms with Gasteiger partial charge in [-0.2, -0.15) is 0 Å². The number of nitrogens with zero attached hydrogens (tertiary/aromatic N) is 1. The molecule has 7 nitrogen and oxygen atoms in total. The molecular weight excluding hydrogens is 178 g/mol. The largest absolute Gasteiger partial charge is 0.464 e. The molecule has 0 aliphatic heterocycles. The van der Waals surface area contributed by atoms with Gasteiger partial charge in [-0.05, 0) is 4.92 Å². The van der Waals surface area contributed by atoms with E-state index < -0.39 is 22.4 Å². The fourth-order valence-electron chi connectivity index (χ4n) is 0.522. The number of rotatable bonds is 4. The fourth-order valence-corrected chi connectivity index (χ4v) is 0.522. The highest BCUT2D eigenvalue weighted by molar-refractivity contribution is 6.39. The Bertz CT molecular complexity index is 271. The molecule has 72 valence electrons. The Balaban J connectivity index is 4.61. The Labute approximate surface area is 74.0 Å². The first kappa shape index (κ1) is 11.1. The second-order valence-corrected chi connectivity index (χ2v) is 1.94. The molecule has 0 saturated heterocycles. The zero-order valence-corrected chi connectivity index (χ0v) is 7.16. The smallest absolute Gasteiger partial charge is 0.356 e. The predicted octanol–water partition coefficient (Wildman–Crippen LogP) is -0.483. The number of hydrogen-bond acceptors (Lipinski definition) is 6. The minimum atomic E-state index is -0.922. The second kappa shape index (κ2) is 4.86. The molecule has 0 atom stereocenters. The molecule has 2 N–H and O–H groups in total. The normalized spacial score (nSPS) is 10.5. The lowest BCUT2D eigenvalue weighted by molar-refractivity contribution is -0.431. The van der Waals surface area contributed by atoms with Gasteiger partial charge >= 0.3 is 11.8 Å². The molecule has 0 aromatic carbocycles. The van der Waals surface area contributed by atoms with Crippen molar-refractivity contribution in [2.45, 2.75) is 0 Å². The molecule has 0 amide bonds. The summed E-state index contributed by atoms with van der Waals surface area (Å²) in [6, 6.07) is 0. The van der Waals surface area contributed by atoms with E-state index >= 15 is 0 Å². The van der Waals surface area contributed by atoms with E-state index in [1.54, 1.807) is 0 Å². The lowest BCUT2D eigenvalue weighted by Gasteiger charge is -1.98. The average Bonchev–Trinajstić information content (AvgIpc) is 2.11. The van der Waals surface area contributed by atoms with Gasteiger partial charge in [-0.15, -0.1) is 0 Å². The molecule has 7 heteroatoms. The SMILES string of the molecule is CN/C(=C\C(=N)C(=O)OC)[N+](=O)[O-]. The summed E-state index contributed by atoms with van der Waals surface area (Å²) in [5, 5.41) is 19.5. The van der Waals surface area contributed by atoms with Gasteiger partial charge in [-0.25, -0.2) is 4.79 Å². The van der Waals surface area contributed by atoms with Crippen molar-refractivity contribution in [2.24, 2.45) is 0 Å². The Kier molecular flexibility index (Phi) is 4.14. The van der Waals surface area contributed by atoms with Crippen LogP contribution in [-0.4, -0.2) is 30.8 Å². The summed E-state index contributed by atoms with van der Waals surface area (Å²) in [6.45, 7) is 0. The molecule has 0 spiro atoms. The first-order valence-electron chi connectivity index (χ1n) is 3.23. The van der Waals surface area contributed by atoms with Gasteiger partial charge in [-0.3, -0.25) is 10.7 Å². The van der Waals surface area contributed by atoms with Crippen molar-refractivity contribution in [3.8, 4) is 0 Å². The van der Waals surface area contributed by atoms with Crippen molar-refractivity contribution in [2.75, 3.05) is 14.2 Å². The number of esters is 1. The number of ether oxygens (including phenoxy) is 1. The summed E-state index contributed by atoms with van der Waals surface area (Å²) in [5.74, 6) is -1.36. The van der Waals surface area contributed by atoms with Crippen molar-refractivity contribution in [1.82, 2.24) is 5.32 Å². The van der Waals surface area contributed by atoms with Crippen LogP contribution < -0.4 is 5.32 Å². The van der Waals surface area contributed by atoms with Gasteiger partial charge in [0.1, 0.15) is 5.71 Å². The van der Waals surface area contributed by atoms with Gasteiger partial charge in [-0.1, -0.05) is 0 Å². The first-order chi connectivity index (χ1) is 6.02. The van der Waals surface area contributed by atoms with E-state index in [0.717, 1.165) is 13.2 Å². The van der Waals surface area contributed by atoms with Crippen LogP contribution >= 0.6 is 0 Å². The van der Waals surface area contributed by atoms with Gasteiger partial charge in [0.25, 0.3) is 0 Å². The van der Waals surface area contributed by atoms with Crippen molar-refractivity contribution in [3.05, 3.63) is 22.0 Å². The number of hydrogen-bond donors (Lipinski definition) is 2. The van der Waals surface area contributed by atoms with Crippen molar-refractivity contribution in [3.63, 3.8) is 0 Å². The van der Waals surface area contributed by atoms with Crippen LogP contribution in [0.15, 0.2) is 11.9 Å². The highest BCUT2D eigenvalue weighted by Crippen LogP contribution is 1.91. The van der Waals surface area contributed by atoms with Crippen molar-refractivity contribution >= 4 is 11.7 Å². The number of nitrogens with one attached hydrogen (secondary N) is 2. The van der Waals surface area contributed by atoms with Crippen LogP contribution in [-0.2, 0) is 9.53 Å². The van der Waals surface area contributed by atoms with Crippen molar-refractivity contribution in [1.29, 1.82) is 5.41 Å². The number of nitro groups is 1. The molecule has 0 rings (SSSR count). The Morgan fingerprint density at radius 2 is 2.23 bits per heavy atom. The van der Waals surface area contributed by atoms with Crippen molar-refractivity contribution < 1.29 is 14.5 Å². The minimum Gasteiger partial charge on any atom is -0.464 e. The number of methoxy groups -OCH3 is 1. The van der Waals surface area contributed by atoms with E-state index in [9.17, 15) is 14.9 Å². The first-order valence-corrected chi connectivity index (χ1v) is 3.23. The summed E-state index contributed by atoms with van der Waals surface area (Å²) in [4.78, 5) is 20.1. The topological polar surface area (TPSA) is 105 Å². The summed E-state index contributed by atoms with van der Waals surface area (Å²) in [6.07, 6.45) is 0.784. The maximum atomic E-state index is 10.6. The van der Waals surface area contributed by atoms with Gasteiger partial charge < -0.3 is 14.9 Å². The molecule has 0 radical (unpaired) electrons. The molecule has 0 aliphatic rings. The van der Waals surface area contributed by atoms with Gasteiger partial charge in [0, 0.05) is 0 Å². The van der Waals surface area contributed by atoms with E-state index in [1.165, 1.54) is 7.05 Å². The molecule has 0 aromatic heterocycles. The minimum absolute atomic E-state index is 0.435. The van der Waals surface area contributed by atoms with E-state index in [1.807, 2.05) is 0 Å². The van der Waals surface area contributed by atoms with Crippen LogP contribution in [0.2, 0.25) is 0 Å². The zero-order chi connectivity index (χ0) is 10.4. The third-order valence-corrected chi connectivity index (χ3v) is 1.14. The van der Waals surface area contributed by atoms with Crippen LogP contribution in [0, 0.1) is 15.5 Å². The molecule has 0 fully saturated rings. The van der Waals surface area contributed by atoms with Gasteiger partial charge in [0.2, 0.25) is 0 Å². The monoisotopic (exact) mass is 187 g/mol. The Hall–Kier alpha value is -1.92. The molecule has 0 bridgehead atoms. The van der Waals surface area contributed by atoms with Crippen LogP contribution in [0.5, 0.6) is 0 Å². The Morgan fingerprint density at radius 3 is 2.54 bits per heavy atom. The summed E-state index contributed by atoms with van der Waals surface area (Å²) >= 11 is 0.